The largest absolute Gasteiger partial charge is 0.507 e. The van der Waals surface area contributed by atoms with Crippen LogP contribution in [0.4, 0.5) is 0 Å². The molecule has 102 valence electrons. The molecule has 0 spiro atoms. The van der Waals surface area contributed by atoms with Gasteiger partial charge < -0.3 is 10.2 Å². The van der Waals surface area contributed by atoms with Gasteiger partial charge in [-0.15, -0.1) is 0 Å². The van der Waals surface area contributed by atoms with Gasteiger partial charge in [-0.2, -0.15) is 0 Å². The third-order valence-electron chi connectivity index (χ3n) is 3.18. The van der Waals surface area contributed by atoms with Gasteiger partial charge in [0.05, 0.1) is 15.2 Å². The number of hydrogen-bond acceptors (Lipinski definition) is 4. The fourth-order valence-corrected chi connectivity index (χ4v) is 3.77. The zero-order valence-electron chi connectivity index (χ0n) is 10.5. The molecule has 2 rings (SSSR count). The summed E-state index contributed by atoms with van der Waals surface area (Å²) in [7, 11) is -3.70. The molecule has 0 radical (unpaired) electrons. The molecule has 1 aliphatic rings. The summed E-state index contributed by atoms with van der Waals surface area (Å²) in [5.74, 6) is -1.19. The van der Waals surface area contributed by atoms with Gasteiger partial charge in [0.2, 0.25) is 9.84 Å². The SMILES string of the molecule is CC(C)(CC1=Cc2c(O)cccc2S1(=O)=O)C(=O)O. The highest BCUT2D eigenvalue weighted by Crippen LogP contribution is 2.42. The zero-order chi connectivity index (χ0) is 14.4. The number of phenolic OH excluding ortho intramolecular Hbond substituents is 1. The standard InChI is InChI=1S/C13H14O5S/c1-13(2,12(15)16)7-8-6-9-10(14)4-3-5-11(9)19(8,17)18/h3-6,14H,7H2,1-2H3,(H,15,16). The highest BCUT2D eigenvalue weighted by Gasteiger charge is 2.37. The first-order valence-corrected chi connectivity index (χ1v) is 7.15. The molecule has 1 aromatic rings. The molecule has 0 unspecified atom stereocenters. The summed E-state index contributed by atoms with van der Waals surface area (Å²) in [6, 6.07) is 4.25. The van der Waals surface area contributed by atoms with Crippen LogP contribution in [0.3, 0.4) is 0 Å². The number of allylic oxidation sites excluding steroid dienone is 1. The van der Waals surface area contributed by atoms with Crippen molar-refractivity contribution in [3.63, 3.8) is 0 Å². The molecule has 0 aromatic heterocycles. The van der Waals surface area contributed by atoms with Crippen LogP contribution >= 0.6 is 0 Å². The van der Waals surface area contributed by atoms with Crippen molar-refractivity contribution in [3.05, 3.63) is 28.7 Å². The molecule has 19 heavy (non-hydrogen) atoms. The first-order valence-electron chi connectivity index (χ1n) is 5.67. The van der Waals surface area contributed by atoms with Crippen molar-refractivity contribution < 1.29 is 23.4 Å². The van der Waals surface area contributed by atoms with Crippen LogP contribution in [-0.2, 0) is 14.6 Å². The van der Waals surface area contributed by atoms with Gasteiger partial charge in [0.25, 0.3) is 0 Å². The van der Waals surface area contributed by atoms with Crippen LogP contribution in [0.5, 0.6) is 5.75 Å². The summed E-state index contributed by atoms with van der Waals surface area (Å²) in [4.78, 5) is 11.1. The number of fused-ring (bicyclic) bond motifs is 1. The van der Waals surface area contributed by atoms with Crippen LogP contribution in [0.25, 0.3) is 6.08 Å². The maximum Gasteiger partial charge on any atom is 0.309 e. The maximum atomic E-state index is 12.3. The Hall–Kier alpha value is -1.82. The Morgan fingerprint density at radius 3 is 2.47 bits per heavy atom. The molecule has 2 N–H and O–H groups in total. The van der Waals surface area contributed by atoms with E-state index in [1.54, 1.807) is 0 Å². The minimum atomic E-state index is -3.70. The number of benzene rings is 1. The van der Waals surface area contributed by atoms with Gasteiger partial charge >= 0.3 is 5.97 Å². The molecule has 1 heterocycles. The number of sulfone groups is 1. The summed E-state index contributed by atoms with van der Waals surface area (Å²) in [6.07, 6.45) is 1.24. The first-order chi connectivity index (χ1) is 8.66. The van der Waals surface area contributed by atoms with E-state index in [0.29, 0.717) is 0 Å². The Kier molecular flexibility index (Phi) is 2.93. The number of hydrogen-bond donors (Lipinski definition) is 2. The molecular weight excluding hydrogens is 268 g/mol. The Labute approximate surface area is 111 Å². The molecule has 1 aromatic carbocycles. The summed E-state index contributed by atoms with van der Waals surface area (Å²) < 4.78 is 24.5. The van der Waals surface area contributed by atoms with Crippen molar-refractivity contribution >= 4 is 21.9 Å². The molecule has 0 saturated heterocycles. The topological polar surface area (TPSA) is 91.7 Å². The number of aromatic hydroxyl groups is 1. The number of rotatable bonds is 3. The first kappa shape index (κ1) is 13.6. The molecule has 0 saturated carbocycles. The van der Waals surface area contributed by atoms with Gasteiger partial charge in [0, 0.05) is 5.56 Å². The molecule has 0 amide bonds. The smallest absolute Gasteiger partial charge is 0.309 e. The summed E-state index contributed by atoms with van der Waals surface area (Å²) >= 11 is 0. The van der Waals surface area contributed by atoms with Crippen LogP contribution in [0, 0.1) is 5.41 Å². The van der Waals surface area contributed by atoms with E-state index in [4.69, 9.17) is 5.11 Å². The Morgan fingerprint density at radius 2 is 1.95 bits per heavy atom. The van der Waals surface area contributed by atoms with Gasteiger partial charge in [-0.1, -0.05) is 6.07 Å². The highest BCUT2D eigenvalue weighted by atomic mass is 32.2. The fraction of sp³-hybridized carbons (Fsp3) is 0.308. The molecule has 1 aliphatic heterocycles. The highest BCUT2D eigenvalue weighted by molar-refractivity contribution is 7.95. The average Bonchev–Trinajstić information content (AvgIpc) is 2.53. The van der Waals surface area contributed by atoms with Crippen LogP contribution in [0.2, 0.25) is 0 Å². The second-order valence-corrected chi connectivity index (χ2v) is 7.14. The normalized spacial score (nSPS) is 16.8. The molecule has 5 nitrogen and oxygen atoms in total. The van der Waals surface area contributed by atoms with E-state index in [1.807, 2.05) is 0 Å². The van der Waals surface area contributed by atoms with Gasteiger partial charge in [-0.3, -0.25) is 4.79 Å². The molecule has 0 fully saturated rings. The Bertz CT molecular complexity index is 683. The summed E-state index contributed by atoms with van der Waals surface area (Å²) in [5.41, 5.74) is -0.949. The molecule has 0 aliphatic carbocycles. The van der Waals surface area contributed by atoms with E-state index in [0.717, 1.165) is 0 Å². The number of phenols is 1. The lowest BCUT2D eigenvalue weighted by Crippen LogP contribution is -2.25. The quantitative estimate of drug-likeness (QED) is 0.885. The lowest BCUT2D eigenvalue weighted by Gasteiger charge is -2.19. The van der Waals surface area contributed by atoms with Crippen LogP contribution < -0.4 is 0 Å². The minimum absolute atomic E-state index is 0.0244. The second-order valence-electron chi connectivity index (χ2n) is 5.17. The van der Waals surface area contributed by atoms with Gasteiger partial charge in [-0.25, -0.2) is 8.42 Å². The number of carbonyl (C=O) groups is 1. The van der Waals surface area contributed by atoms with E-state index in [-0.39, 0.29) is 27.5 Å². The Morgan fingerprint density at radius 1 is 1.32 bits per heavy atom. The maximum absolute atomic E-state index is 12.3. The van der Waals surface area contributed by atoms with Crippen molar-refractivity contribution in [2.24, 2.45) is 5.41 Å². The molecule has 0 bridgehead atoms. The van der Waals surface area contributed by atoms with Crippen molar-refractivity contribution in [1.29, 1.82) is 0 Å². The minimum Gasteiger partial charge on any atom is -0.507 e. The van der Waals surface area contributed by atoms with E-state index in [1.165, 1.54) is 38.1 Å². The van der Waals surface area contributed by atoms with E-state index in [2.05, 4.69) is 0 Å². The molecule has 6 heteroatoms. The van der Waals surface area contributed by atoms with Crippen molar-refractivity contribution in [2.75, 3.05) is 0 Å². The van der Waals surface area contributed by atoms with Crippen LogP contribution in [-0.4, -0.2) is 24.6 Å². The summed E-state index contributed by atoms with van der Waals surface area (Å²) in [6.45, 7) is 2.93. The predicted octanol–water partition coefficient (Wildman–Crippen LogP) is 2.02. The van der Waals surface area contributed by atoms with E-state index >= 15 is 0 Å². The number of carboxylic acid groups (broad SMARTS) is 1. The van der Waals surface area contributed by atoms with Gasteiger partial charge in [-0.05, 0) is 38.5 Å². The van der Waals surface area contributed by atoms with Crippen LogP contribution in [0.1, 0.15) is 25.8 Å². The third-order valence-corrected chi connectivity index (χ3v) is 5.07. The zero-order valence-corrected chi connectivity index (χ0v) is 11.4. The van der Waals surface area contributed by atoms with E-state index < -0.39 is 21.2 Å². The summed E-state index contributed by atoms with van der Waals surface area (Å²) in [5, 5.41) is 18.7. The lowest BCUT2D eigenvalue weighted by atomic mass is 9.89. The van der Waals surface area contributed by atoms with Crippen molar-refractivity contribution in [1.82, 2.24) is 0 Å². The van der Waals surface area contributed by atoms with Crippen molar-refractivity contribution in [3.8, 4) is 5.75 Å². The molecule has 0 atom stereocenters. The Balaban J connectivity index is 2.50. The van der Waals surface area contributed by atoms with Gasteiger partial charge in [0.1, 0.15) is 5.75 Å². The second kappa shape index (κ2) is 4.09. The monoisotopic (exact) mass is 282 g/mol. The van der Waals surface area contributed by atoms with Gasteiger partial charge in [0.15, 0.2) is 0 Å². The number of aliphatic carboxylic acids is 1. The number of carboxylic acids is 1. The molecular formula is C13H14O5S. The van der Waals surface area contributed by atoms with E-state index in [9.17, 15) is 18.3 Å². The third kappa shape index (κ3) is 2.12. The average molecular weight is 282 g/mol. The lowest BCUT2D eigenvalue weighted by molar-refractivity contribution is -0.146. The van der Waals surface area contributed by atoms with Crippen LogP contribution in [0.15, 0.2) is 28.0 Å². The van der Waals surface area contributed by atoms with Crippen molar-refractivity contribution in [2.45, 2.75) is 25.2 Å². The fourth-order valence-electron chi connectivity index (χ4n) is 1.95. The predicted molar refractivity (Wildman–Crippen MR) is 69.3 cm³/mol.